The van der Waals surface area contributed by atoms with Crippen molar-refractivity contribution in [2.24, 2.45) is 0 Å². The molecule has 0 aromatic rings. The van der Waals surface area contributed by atoms with Crippen LogP contribution in [-0.4, -0.2) is 40.9 Å². The summed E-state index contributed by atoms with van der Waals surface area (Å²) in [5, 5.41) is 22.1. The van der Waals surface area contributed by atoms with Crippen molar-refractivity contribution in [3.63, 3.8) is 0 Å². The van der Waals surface area contributed by atoms with Crippen molar-refractivity contribution >= 4 is 12.0 Å². The number of nitrogens with one attached hydrogen (secondary N) is 2. The first-order valence-electron chi connectivity index (χ1n) is 5.42. The number of aliphatic hydroxyl groups is 1. The van der Waals surface area contributed by atoms with E-state index in [1.54, 1.807) is 0 Å². The van der Waals surface area contributed by atoms with Gasteiger partial charge in [-0.25, -0.2) is 9.59 Å². The molecule has 2 unspecified atom stereocenters. The molecule has 0 fully saturated rings. The van der Waals surface area contributed by atoms with Gasteiger partial charge in [0.15, 0.2) is 6.04 Å². The van der Waals surface area contributed by atoms with Crippen molar-refractivity contribution in [2.45, 2.75) is 45.2 Å². The Balaban J connectivity index is 3.92. The van der Waals surface area contributed by atoms with Crippen LogP contribution in [0.2, 0.25) is 0 Å². The molecule has 0 bridgehead atoms. The number of carboxylic acid groups (broad SMARTS) is 1. The van der Waals surface area contributed by atoms with Crippen LogP contribution in [0.15, 0.2) is 0 Å². The van der Waals surface area contributed by atoms with Crippen molar-refractivity contribution in [1.82, 2.24) is 10.6 Å². The minimum atomic E-state index is -1.25. The van der Waals surface area contributed by atoms with Crippen LogP contribution in [0.3, 0.4) is 0 Å². The Bertz CT molecular complexity index is 233. The van der Waals surface area contributed by atoms with E-state index < -0.39 is 24.6 Å². The van der Waals surface area contributed by atoms with Crippen molar-refractivity contribution < 1.29 is 19.8 Å². The van der Waals surface area contributed by atoms with Crippen LogP contribution < -0.4 is 10.6 Å². The van der Waals surface area contributed by atoms with E-state index in [2.05, 4.69) is 17.6 Å². The van der Waals surface area contributed by atoms with Crippen LogP contribution >= 0.6 is 0 Å². The lowest BCUT2D eigenvalue weighted by Crippen LogP contribution is -2.49. The van der Waals surface area contributed by atoms with Gasteiger partial charge in [0.2, 0.25) is 0 Å². The van der Waals surface area contributed by atoms with Crippen LogP contribution in [0.1, 0.15) is 33.1 Å². The van der Waals surface area contributed by atoms with E-state index in [1.165, 1.54) is 0 Å². The van der Waals surface area contributed by atoms with Gasteiger partial charge >= 0.3 is 12.0 Å². The molecule has 0 aliphatic carbocycles. The third kappa shape index (κ3) is 6.23. The maximum atomic E-state index is 11.3. The first kappa shape index (κ1) is 14.7. The van der Waals surface area contributed by atoms with Crippen molar-refractivity contribution in [3.8, 4) is 0 Å². The minimum absolute atomic E-state index is 0.00640. The standard InChI is InChI=1S/C10H20N2O4/c1-3-4-5-7(2)11-10(16)12-8(6-13)9(14)15/h7-8,13H,3-6H2,1-2H3,(H,14,15)(H2,11,12,16). The third-order valence-electron chi connectivity index (χ3n) is 2.15. The normalized spacial score (nSPS) is 13.9. The first-order valence-corrected chi connectivity index (χ1v) is 5.42. The molecule has 6 heteroatoms. The number of aliphatic hydroxyl groups excluding tert-OH is 1. The fraction of sp³-hybridized carbons (Fsp3) is 0.800. The van der Waals surface area contributed by atoms with Crippen molar-refractivity contribution in [3.05, 3.63) is 0 Å². The summed E-state index contributed by atoms with van der Waals surface area (Å²) in [4.78, 5) is 21.8. The van der Waals surface area contributed by atoms with E-state index in [0.29, 0.717) is 0 Å². The topological polar surface area (TPSA) is 98.7 Å². The van der Waals surface area contributed by atoms with Crippen LogP contribution in [0, 0.1) is 0 Å². The number of hydrogen-bond acceptors (Lipinski definition) is 3. The van der Waals surface area contributed by atoms with Gasteiger partial charge in [-0.3, -0.25) is 0 Å². The predicted octanol–water partition coefficient (Wildman–Crippen LogP) is 0.310. The molecule has 4 N–H and O–H groups in total. The van der Waals surface area contributed by atoms with Crippen LogP contribution in [-0.2, 0) is 4.79 Å². The summed E-state index contributed by atoms with van der Waals surface area (Å²) >= 11 is 0. The lowest BCUT2D eigenvalue weighted by Gasteiger charge is -2.16. The second-order valence-electron chi connectivity index (χ2n) is 3.73. The smallest absolute Gasteiger partial charge is 0.328 e. The van der Waals surface area contributed by atoms with Gasteiger partial charge in [0, 0.05) is 6.04 Å². The molecule has 0 radical (unpaired) electrons. The molecule has 0 aromatic carbocycles. The lowest BCUT2D eigenvalue weighted by atomic mass is 10.1. The molecule has 0 rings (SSSR count). The first-order chi connectivity index (χ1) is 7.51. The van der Waals surface area contributed by atoms with E-state index in [4.69, 9.17) is 10.2 Å². The fourth-order valence-corrected chi connectivity index (χ4v) is 1.19. The summed E-state index contributed by atoms with van der Waals surface area (Å²) in [5.74, 6) is -1.25. The summed E-state index contributed by atoms with van der Waals surface area (Å²) in [6, 6.07) is -1.82. The summed E-state index contributed by atoms with van der Waals surface area (Å²) in [6.45, 7) is 3.29. The number of carbonyl (C=O) groups is 2. The van der Waals surface area contributed by atoms with Gasteiger partial charge in [-0.05, 0) is 13.3 Å². The number of unbranched alkanes of at least 4 members (excludes halogenated alkanes) is 1. The number of urea groups is 1. The molecule has 0 spiro atoms. The SMILES string of the molecule is CCCCC(C)NC(=O)NC(CO)C(=O)O. The molecule has 0 aromatic heterocycles. The van der Waals surface area contributed by atoms with E-state index >= 15 is 0 Å². The Morgan fingerprint density at radius 1 is 1.31 bits per heavy atom. The zero-order valence-corrected chi connectivity index (χ0v) is 9.69. The van der Waals surface area contributed by atoms with E-state index in [-0.39, 0.29) is 6.04 Å². The predicted molar refractivity (Wildman–Crippen MR) is 59.2 cm³/mol. The Hall–Kier alpha value is -1.30. The minimum Gasteiger partial charge on any atom is -0.480 e. The Labute approximate surface area is 95.0 Å². The Morgan fingerprint density at radius 3 is 2.38 bits per heavy atom. The molecular weight excluding hydrogens is 212 g/mol. The highest BCUT2D eigenvalue weighted by molar-refractivity contribution is 5.82. The highest BCUT2D eigenvalue weighted by Gasteiger charge is 2.19. The molecule has 0 saturated carbocycles. The summed E-state index contributed by atoms with van der Waals surface area (Å²) in [7, 11) is 0. The molecule has 2 atom stereocenters. The van der Waals surface area contributed by atoms with Gasteiger partial charge in [-0.15, -0.1) is 0 Å². The molecule has 0 aliphatic rings. The highest BCUT2D eigenvalue weighted by Crippen LogP contribution is 1.99. The maximum Gasteiger partial charge on any atom is 0.328 e. The third-order valence-corrected chi connectivity index (χ3v) is 2.15. The van der Waals surface area contributed by atoms with E-state index in [1.807, 2.05) is 6.92 Å². The quantitative estimate of drug-likeness (QED) is 0.507. The molecule has 0 saturated heterocycles. The van der Waals surface area contributed by atoms with E-state index in [0.717, 1.165) is 19.3 Å². The lowest BCUT2D eigenvalue weighted by molar-refractivity contribution is -0.140. The summed E-state index contributed by atoms with van der Waals surface area (Å²) in [6.07, 6.45) is 2.90. The monoisotopic (exact) mass is 232 g/mol. The Morgan fingerprint density at radius 2 is 1.94 bits per heavy atom. The zero-order chi connectivity index (χ0) is 12.6. The van der Waals surface area contributed by atoms with E-state index in [9.17, 15) is 9.59 Å². The van der Waals surface area contributed by atoms with Crippen molar-refractivity contribution in [1.29, 1.82) is 0 Å². The van der Waals surface area contributed by atoms with Gasteiger partial charge in [-0.2, -0.15) is 0 Å². The largest absolute Gasteiger partial charge is 0.480 e. The molecule has 0 heterocycles. The molecule has 2 amide bonds. The molecule has 0 aliphatic heterocycles. The van der Waals surface area contributed by atoms with Crippen LogP contribution in [0.5, 0.6) is 0 Å². The number of hydrogen-bond donors (Lipinski definition) is 4. The maximum absolute atomic E-state index is 11.3. The number of rotatable bonds is 7. The van der Waals surface area contributed by atoms with Gasteiger partial charge in [0.05, 0.1) is 6.61 Å². The molecular formula is C10H20N2O4. The van der Waals surface area contributed by atoms with Crippen LogP contribution in [0.4, 0.5) is 4.79 Å². The molecule has 16 heavy (non-hydrogen) atoms. The fourth-order valence-electron chi connectivity index (χ4n) is 1.19. The van der Waals surface area contributed by atoms with Gasteiger partial charge in [-0.1, -0.05) is 19.8 Å². The average Bonchev–Trinajstić information content (AvgIpc) is 2.22. The highest BCUT2D eigenvalue weighted by atomic mass is 16.4. The number of amides is 2. The summed E-state index contributed by atoms with van der Waals surface area (Å²) in [5.41, 5.74) is 0. The van der Waals surface area contributed by atoms with Gasteiger partial charge in [0.25, 0.3) is 0 Å². The second-order valence-corrected chi connectivity index (χ2v) is 3.73. The summed E-state index contributed by atoms with van der Waals surface area (Å²) < 4.78 is 0. The number of carboxylic acids is 1. The molecule has 6 nitrogen and oxygen atoms in total. The molecule has 94 valence electrons. The number of carbonyl (C=O) groups excluding carboxylic acids is 1. The van der Waals surface area contributed by atoms with Gasteiger partial charge in [0.1, 0.15) is 0 Å². The average molecular weight is 232 g/mol. The Kier molecular flexibility index (Phi) is 7.28. The van der Waals surface area contributed by atoms with Crippen LogP contribution in [0.25, 0.3) is 0 Å². The van der Waals surface area contributed by atoms with Crippen molar-refractivity contribution in [2.75, 3.05) is 6.61 Å². The number of aliphatic carboxylic acids is 1. The zero-order valence-electron chi connectivity index (χ0n) is 9.69. The second kappa shape index (κ2) is 7.92. The van der Waals surface area contributed by atoms with Gasteiger partial charge < -0.3 is 20.8 Å².